The van der Waals surface area contributed by atoms with Crippen LogP contribution < -0.4 is 0 Å². The maximum absolute atomic E-state index is 12.1. The number of nitrogens with zero attached hydrogens (tertiary/aromatic N) is 4. The van der Waals surface area contributed by atoms with Crippen LogP contribution in [-0.4, -0.2) is 52.3 Å². The largest absolute Gasteiger partial charge is 0.337 e. The summed E-state index contributed by atoms with van der Waals surface area (Å²) in [6, 6.07) is -0.133. The van der Waals surface area contributed by atoms with E-state index < -0.39 is 9.84 Å². The fraction of sp³-hybridized carbons (Fsp3) is 0.800. The molecule has 0 spiro atoms. The van der Waals surface area contributed by atoms with Crippen molar-refractivity contribution in [3.63, 3.8) is 0 Å². The number of rotatable bonds is 4. The zero-order valence-electron chi connectivity index (χ0n) is 13.5. The summed E-state index contributed by atoms with van der Waals surface area (Å²) in [6.07, 6.45) is 9.17. The molecular weight excluding hydrogens is 316 g/mol. The number of amides is 1. The fourth-order valence-corrected chi connectivity index (χ4v) is 5.08. The van der Waals surface area contributed by atoms with E-state index in [9.17, 15) is 13.2 Å². The summed E-state index contributed by atoms with van der Waals surface area (Å²) in [5.41, 5.74) is 0.736. The van der Waals surface area contributed by atoms with E-state index in [1.54, 1.807) is 4.68 Å². The molecule has 1 saturated carbocycles. The predicted molar refractivity (Wildman–Crippen MR) is 85.4 cm³/mol. The van der Waals surface area contributed by atoms with Gasteiger partial charge in [-0.2, -0.15) is 0 Å². The molecule has 0 radical (unpaired) electrons. The molecule has 1 aliphatic heterocycles. The van der Waals surface area contributed by atoms with Gasteiger partial charge in [0.1, 0.15) is 5.69 Å². The van der Waals surface area contributed by atoms with Crippen LogP contribution >= 0.6 is 0 Å². The second kappa shape index (κ2) is 6.59. The van der Waals surface area contributed by atoms with Gasteiger partial charge in [-0.3, -0.25) is 4.79 Å². The van der Waals surface area contributed by atoms with E-state index in [-0.39, 0.29) is 17.2 Å². The number of sulfone groups is 1. The molecule has 0 N–H and O–H groups in total. The Hall–Kier alpha value is -1.44. The van der Waals surface area contributed by atoms with E-state index in [4.69, 9.17) is 0 Å². The van der Waals surface area contributed by atoms with Crippen molar-refractivity contribution in [3.8, 4) is 0 Å². The van der Waals surface area contributed by atoms with Gasteiger partial charge in [0.2, 0.25) is 5.91 Å². The first-order valence-electron chi connectivity index (χ1n) is 8.32. The van der Waals surface area contributed by atoms with Crippen LogP contribution in [0, 0.1) is 0 Å². The number of carbonyl (C=O) groups is 1. The zero-order chi connectivity index (χ0) is 16.4. The van der Waals surface area contributed by atoms with Crippen molar-refractivity contribution in [2.24, 2.45) is 0 Å². The molecule has 8 heteroatoms. The lowest BCUT2D eigenvalue weighted by atomic mass is 10.2. The Morgan fingerprint density at radius 1 is 1.22 bits per heavy atom. The van der Waals surface area contributed by atoms with Gasteiger partial charge >= 0.3 is 0 Å². The van der Waals surface area contributed by atoms with Crippen molar-refractivity contribution in [1.82, 2.24) is 19.9 Å². The summed E-state index contributed by atoms with van der Waals surface area (Å²) >= 11 is 0. The van der Waals surface area contributed by atoms with Crippen LogP contribution in [0.2, 0.25) is 0 Å². The lowest BCUT2D eigenvalue weighted by Gasteiger charge is -2.19. The standard InChI is InChI=1S/C15H24N4O3S/c1-23(21,22)14-7-5-6-13(14)19-11-12(16-17-19)10-18-9-4-2-3-8-15(18)20/h11,13-14H,2-10H2,1H3/t13-,14-/m1/s1. The molecule has 23 heavy (non-hydrogen) atoms. The van der Waals surface area contributed by atoms with Crippen molar-refractivity contribution in [3.05, 3.63) is 11.9 Å². The highest BCUT2D eigenvalue weighted by molar-refractivity contribution is 7.91. The maximum atomic E-state index is 12.1. The highest BCUT2D eigenvalue weighted by Gasteiger charge is 2.36. The number of hydrogen-bond donors (Lipinski definition) is 0. The van der Waals surface area contributed by atoms with Crippen LogP contribution in [0.5, 0.6) is 0 Å². The molecule has 2 fully saturated rings. The van der Waals surface area contributed by atoms with Gasteiger partial charge in [0.25, 0.3) is 0 Å². The molecule has 2 heterocycles. The molecule has 2 atom stereocenters. The summed E-state index contributed by atoms with van der Waals surface area (Å²) in [7, 11) is -3.08. The minimum absolute atomic E-state index is 0.133. The monoisotopic (exact) mass is 340 g/mol. The molecule has 1 amide bonds. The first-order chi connectivity index (χ1) is 10.9. The number of hydrogen-bond acceptors (Lipinski definition) is 5. The zero-order valence-corrected chi connectivity index (χ0v) is 14.3. The Kier molecular flexibility index (Phi) is 4.70. The topological polar surface area (TPSA) is 85.2 Å². The summed E-state index contributed by atoms with van der Waals surface area (Å²) in [5, 5.41) is 7.92. The molecule has 0 unspecified atom stereocenters. The Bertz CT molecular complexity index is 670. The van der Waals surface area contributed by atoms with Crippen molar-refractivity contribution in [2.45, 2.75) is 62.8 Å². The molecule has 0 aromatic carbocycles. The van der Waals surface area contributed by atoms with Gasteiger partial charge in [-0.05, 0) is 32.1 Å². The van der Waals surface area contributed by atoms with Crippen LogP contribution in [0.15, 0.2) is 6.20 Å². The third kappa shape index (κ3) is 3.73. The highest BCUT2D eigenvalue weighted by Crippen LogP contribution is 2.34. The summed E-state index contributed by atoms with van der Waals surface area (Å²) in [5.74, 6) is 0.173. The average Bonchev–Trinajstić information content (AvgIpc) is 3.09. The van der Waals surface area contributed by atoms with Crippen LogP contribution in [0.25, 0.3) is 0 Å². The first-order valence-corrected chi connectivity index (χ1v) is 10.3. The van der Waals surface area contributed by atoms with Crippen molar-refractivity contribution in [2.75, 3.05) is 12.8 Å². The van der Waals surface area contributed by atoms with Crippen molar-refractivity contribution < 1.29 is 13.2 Å². The minimum Gasteiger partial charge on any atom is -0.337 e. The van der Waals surface area contributed by atoms with Crippen LogP contribution in [0.1, 0.15) is 56.7 Å². The first kappa shape index (κ1) is 16.4. The quantitative estimate of drug-likeness (QED) is 0.825. The lowest BCUT2D eigenvalue weighted by Crippen LogP contribution is -2.29. The molecule has 3 rings (SSSR count). The van der Waals surface area contributed by atoms with Crippen LogP contribution in [-0.2, 0) is 21.2 Å². The minimum atomic E-state index is -3.08. The van der Waals surface area contributed by atoms with Crippen molar-refractivity contribution >= 4 is 15.7 Å². The third-order valence-electron chi connectivity index (χ3n) is 4.89. The second-order valence-electron chi connectivity index (χ2n) is 6.68. The van der Waals surface area contributed by atoms with E-state index in [0.717, 1.165) is 44.3 Å². The molecule has 1 aromatic rings. The van der Waals surface area contributed by atoms with E-state index in [1.807, 2.05) is 11.1 Å². The lowest BCUT2D eigenvalue weighted by molar-refractivity contribution is -0.131. The third-order valence-corrected chi connectivity index (χ3v) is 6.54. The number of aromatic nitrogens is 3. The predicted octanol–water partition coefficient (Wildman–Crippen LogP) is 1.32. The fourth-order valence-electron chi connectivity index (χ4n) is 3.66. The molecule has 1 aromatic heterocycles. The Morgan fingerprint density at radius 3 is 2.83 bits per heavy atom. The maximum Gasteiger partial charge on any atom is 0.222 e. The summed E-state index contributed by atoms with van der Waals surface area (Å²) < 4.78 is 25.5. The highest BCUT2D eigenvalue weighted by atomic mass is 32.2. The molecule has 2 aliphatic rings. The second-order valence-corrected chi connectivity index (χ2v) is 8.95. The molecule has 1 aliphatic carbocycles. The number of carbonyl (C=O) groups excluding carboxylic acids is 1. The molecular formula is C15H24N4O3S. The molecule has 1 saturated heterocycles. The molecule has 7 nitrogen and oxygen atoms in total. The van der Waals surface area contributed by atoms with Gasteiger partial charge in [-0.15, -0.1) is 5.10 Å². The Balaban J connectivity index is 1.71. The van der Waals surface area contributed by atoms with Crippen LogP contribution in [0.4, 0.5) is 0 Å². The molecule has 128 valence electrons. The van der Waals surface area contributed by atoms with Crippen LogP contribution in [0.3, 0.4) is 0 Å². The van der Waals surface area contributed by atoms with E-state index in [2.05, 4.69) is 10.3 Å². The Labute approximate surface area is 137 Å². The SMILES string of the molecule is CS(=O)(=O)[C@@H]1CCC[C@H]1n1cc(CN2CCCCCC2=O)nn1. The smallest absolute Gasteiger partial charge is 0.222 e. The van der Waals surface area contributed by atoms with Gasteiger partial charge in [-0.1, -0.05) is 11.6 Å². The van der Waals surface area contributed by atoms with Gasteiger partial charge in [0, 0.05) is 19.2 Å². The van der Waals surface area contributed by atoms with Crippen molar-refractivity contribution in [1.29, 1.82) is 0 Å². The van der Waals surface area contributed by atoms with Gasteiger partial charge in [0.15, 0.2) is 9.84 Å². The normalized spacial score (nSPS) is 26.5. The van der Waals surface area contributed by atoms with E-state index in [1.165, 1.54) is 6.26 Å². The summed E-state index contributed by atoms with van der Waals surface area (Å²) in [4.78, 5) is 13.9. The van der Waals surface area contributed by atoms with Gasteiger partial charge in [-0.25, -0.2) is 13.1 Å². The molecule has 0 bridgehead atoms. The van der Waals surface area contributed by atoms with Gasteiger partial charge in [0.05, 0.1) is 24.0 Å². The average molecular weight is 340 g/mol. The van der Waals surface area contributed by atoms with Gasteiger partial charge < -0.3 is 4.90 Å². The van der Waals surface area contributed by atoms with E-state index >= 15 is 0 Å². The van der Waals surface area contributed by atoms with E-state index in [0.29, 0.717) is 19.4 Å². The Morgan fingerprint density at radius 2 is 2.04 bits per heavy atom. The number of likely N-dealkylation sites (tertiary alicyclic amines) is 1. The summed E-state index contributed by atoms with van der Waals surface area (Å²) in [6.45, 7) is 1.23.